The van der Waals surface area contributed by atoms with Gasteiger partial charge in [-0.2, -0.15) is 13.2 Å². The lowest BCUT2D eigenvalue weighted by Gasteiger charge is -2.07. The zero-order valence-corrected chi connectivity index (χ0v) is 9.54. The average molecular weight is 292 g/mol. The van der Waals surface area contributed by atoms with E-state index in [4.69, 9.17) is 23.2 Å². The molecular formula is C7H2Cl2F3NO2S. The van der Waals surface area contributed by atoms with Gasteiger partial charge < -0.3 is 0 Å². The minimum Gasteiger partial charge on any atom is -0.258 e. The summed E-state index contributed by atoms with van der Waals surface area (Å²) in [6.07, 6.45) is 0. The first-order valence-electron chi connectivity index (χ1n) is 3.60. The molecule has 0 aliphatic carbocycles. The Kier molecular flexibility index (Phi) is 3.92. The van der Waals surface area contributed by atoms with Crippen molar-refractivity contribution in [1.82, 2.24) is 0 Å². The van der Waals surface area contributed by atoms with E-state index in [0.717, 1.165) is 12.1 Å². The van der Waals surface area contributed by atoms with E-state index < -0.39 is 32.8 Å². The monoisotopic (exact) mass is 291 g/mol. The van der Waals surface area contributed by atoms with Crippen LogP contribution in [0.3, 0.4) is 0 Å². The van der Waals surface area contributed by atoms with Crippen LogP contribution < -0.4 is 0 Å². The highest BCUT2D eigenvalue weighted by molar-refractivity contribution is 8.00. The van der Waals surface area contributed by atoms with E-state index in [9.17, 15) is 23.3 Å². The van der Waals surface area contributed by atoms with E-state index in [1.807, 2.05) is 0 Å². The maximum Gasteiger partial charge on any atom is 0.446 e. The number of nitro groups is 1. The SMILES string of the molecule is O=[N+]([O-])c1cc(Cl)c(Cl)cc1SC(F)(F)F. The van der Waals surface area contributed by atoms with Crippen molar-refractivity contribution < 1.29 is 18.1 Å². The smallest absolute Gasteiger partial charge is 0.258 e. The van der Waals surface area contributed by atoms with Crippen molar-refractivity contribution in [3.63, 3.8) is 0 Å². The lowest BCUT2D eigenvalue weighted by atomic mass is 10.3. The fourth-order valence-corrected chi connectivity index (χ4v) is 1.92. The van der Waals surface area contributed by atoms with E-state index in [1.165, 1.54) is 0 Å². The summed E-state index contributed by atoms with van der Waals surface area (Å²) < 4.78 is 36.2. The van der Waals surface area contributed by atoms with Crippen molar-refractivity contribution in [3.8, 4) is 0 Å². The van der Waals surface area contributed by atoms with E-state index in [0.29, 0.717) is 0 Å². The molecule has 16 heavy (non-hydrogen) atoms. The molecule has 1 rings (SSSR count). The molecule has 0 radical (unpaired) electrons. The molecule has 0 aliphatic rings. The third-order valence-electron chi connectivity index (χ3n) is 1.42. The fourth-order valence-electron chi connectivity index (χ4n) is 0.867. The molecule has 0 saturated heterocycles. The van der Waals surface area contributed by atoms with Gasteiger partial charge in [-0.25, -0.2) is 0 Å². The maximum absolute atomic E-state index is 12.1. The van der Waals surface area contributed by atoms with Gasteiger partial charge in [0.1, 0.15) is 0 Å². The van der Waals surface area contributed by atoms with Crippen molar-refractivity contribution in [2.24, 2.45) is 0 Å². The molecule has 0 unspecified atom stereocenters. The van der Waals surface area contributed by atoms with Gasteiger partial charge in [-0.15, -0.1) is 0 Å². The fraction of sp³-hybridized carbons (Fsp3) is 0.143. The number of rotatable bonds is 2. The number of thioether (sulfide) groups is 1. The quantitative estimate of drug-likeness (QED) is 0.457. The summed E-state index contributed by atoms with van der Waals surface area (Å²) >= 11 is 10.4. The second-order valence-corrected chi connectivity index (χ2v) is 4.46. The predicted molar refractivity (Wildman–Crippen MR) is 55.0 cm³/mol. The summed E-state index contributed by atoms with van der Waals surface area (Å²) in [5.41, 5.74) is -5.35. The number of hydrogen-bond acceptors (Lipinski definition) is 3. The van der Waals surface area contributed by atoms with Gasteiger partial charge in [0.2, 0.25) is 0 Å². The molecule has 0 heterocycles. The van der Waals surface area contributed by atoms with E-state index in [1.54, 1.807) is 0 Å². The minimum atomic E-state index is -4.62. The molecule has 0 saturated carbocycles. The first kappa shape index (κ1) is 13.4. The summed E-state index contributed by atoms with van der Waals surface area (Å²) in [6, 6.07) is 1.61. The molecule has 1 aromatic carbocycles. The summed E-state index contributed by atoms with van der Waals surface area (Å²) in [5, 5.41) is 10.2. The Morgan fingerprint density at radius 2 is 1.75 bits per heavy atom. The van der Waals surface area contributed by atoms with Crippen LogP contribution in [0.2, 0.25) is 10.0 Å². The predicted octanol–water partition coefficient (Wildman–Crippen LogP) is 4.51. The molecule has 0 bridgehead atoms. The number of benzene rings is 1. The zero-order valence-electron chi connectivity index (χ0n) is 7.22. The Bertz CT molecular complexity index is 438. The third kappa shape index (κ3) is 3.43. The molecular weight excluding hydrogens is 290 g/mol. The Morgan fingerprint density at radius 3 is 2.19 bits per heavy atom. The molecule has 0 aromatic heterocycles. The van der Waals surface area contributed by atoms with Gasteiger partial charge in [-0.1, -0.05) is 23.2 Å². The van der Waals surface area contributed by atoms with E-state index in [2.05, 4.69) is 0 Å². The average Bonchev–Trinajstić information content (AvgIpc) is 2.07. The highest BCUT2D eigenvalue weighted by atomic mass is 35.5. The summed E-state index contributed by atoms with van der Waals surface area (Å²) in [4.78, 5) is 8.96. The lowest BCUT2D eigenvalue weighted by Crippen LogP contribution is -2.01. The summed E-state index contributed by atoms with van der Waals surface area (Å²) in [7, 11) is 0. The van der Waals surface area contributed by atoms with Gasteiger partial charge in [0.05, 0.1) is 19.9 Å². The van der Waals surface area contributed by atoms with Gasteiger partial charge in [-0.05, 0) is 17.8 Å². The van der Waals surface area contributed by atoms with Crippen molar-refractivity contribution in [2.75, 3.05) is 0 Å². The normalized spacial score (nSPS) is 11.6. The second kappa shape index (κ2) is 4.68. The van der Waals surface area contributed by atoms with Crippen LogP contribution in [-0.4, -0.2) is 10.4 Å². The van der Waals surface area contributed by atoms with Crippen molar-refractivity contribution in [3.05, 3.63) is 32.3 Å². The van der Waals surface area contributed by atoms with Crippen molar-refractivity contribution >= 4 is 40.7 Å². The highest BCUT2D eigenvalue weighted by Gasteiger charge is 2.33. The van der Waals surface area contributed by atoms with Crippen LogP contribution in [0.4, 0.5) is 18.9 Å². The summed E-state index contributed by atoms with van der Waals surface area (Å²) in [5.74, 6) is 0. The van der Waals surface area contributed by atoms with Crippen molar-refractivity contribution in [2.45, 2.75) is 10.4 Å². The summed E-state index contributed by atoms with van der Waals surface area (Å²) in [6.45, 7) is 0. The lowest BCUT2D eigenvalue weighted by molar-refractivity contribution is -0.387. The van der Waals surface area contributed by atoms with E-state index >= 15 is 0 Å². The Balaban J connectivity index is 3.25. The molecule has 1 aromatic rings. The maximum atomic E-state index is 12.1. The Labute approximate surface area is 102 Å². The molecule has 0 amide bonds. The third-order valence-corrected chi connectivity index (χ3v) is 2.92. The molecule has 9 heteroatoms. The van der Waals surface area contributed by atoms with Crippen LogP contribution in [0, 0.1) is 10.1 Å². The first-order valence-corrected chi connectivity index (χ1v) is 5.17. The molecule has 0 N–H and O–H groups in total. The first-order chi connectivity index (χ1) is 7.20. The van der Waals surface area contributed by atoms with Gasteiger partial charge >= 0.3 is 5.51 Å². The topological polar surface area (TPSA) is 43.1 Å². The number of alkyl halides is 3. The van der Waals surface area contributed by atoms with Crippen molar-refractivity contribution in [1.29, 1.82) is 0 Å². The largest absolute Gasteiger partial charge is 0.446 e. The van der Waals surface area contributed by atoms with Crippen LogP contribution in [-0.2, 0) is 0 Å². The zero-order chi connectivity index (χ0) is 12.5. The molecule has 0 fully saturated rings. The Hall–Kier alpha value is -0.660. The molecule has 0 aliphatic heterocycles. The van der Waals surface area contributed by atoms with Gasteiger partial charge in [0, 0.05) is 6.07 Å². The minimum absolute atomic E-state index is 0.167. The van der Waals surface area contributed by atoms with Crippen LogP contribution in [0.15, 0.2) is 17.0 Å². The molecule has 88 valence electrons. The Morgan fingerprint density at radius 1 is 1.25 bits per heavy atom. The number of nitro benzene ring substituents is 1. The van der Waals surface area contributed by atoms with Crippen LogP contribution >= 0.6 is 35.0 Å². The van der Waals surface area contributed by atoms with Gasteiger partial charge in [-0.3, -0.25) is 10.1 Å². The van der Waals surface area contributed by atoms with Crippen LogP contribution in [0.5, 0.6) is 0 Å². The number of hydrogen-bond donors (Lipinski definition) is 0. The molecule has 0 atom stereocenters. The number of nitrogens with zero attached hydrogens (tertiary/aromatic N) is 1. The van der Waals surface area contributed by atoms with Gasteiger partial charge in [0.25, 0.3) is 5.69 Å². The van der Waals surface area contributed by atoms with Crippen LogP contribution in [0.25, 0.3) is 0 Å². The molecule has 0 spiro atoms. The van der Waals surface area contributed by atoms with Gasteiger partial charge in [0.15, 0.2) is 0 Å². The van der Waals surface area contributed by atoms with E-state index in [-0.39, 0.29) is 10.0 Å². The highest BCUT2D eigenvalue weighted by Crippen LogP contribution is 2.43. The standard InChI is InChI=1S/C7H2Cl2F3NO2S/c8-3-1-5(13(14)15)6(2-4(3)9)16-7(10,11)12/h1-2H. The second-order valence-electron chi connectivity index (χ2n) is 2.54. The number of halogens is 5. The molecule has 3 nitrogen and oxygen atoms in total. The van der Waals surface area contributed by atoms with Crippen LogP contribution in [0.1, 0.15) is 0 Å².